The van der Waals surface area contributed by atoms with Crippen LogP contribution in [0.3, 0.4) is 0 Å². The van der Waals surface area contributed by atoms with Crippen LogP contribution < -0.4 is 20.3 Å². The lowest BCUT2D eigenvalue weighted by Crippen LogP contribution is -2.52. The van der Waals surface area contributed by atoms with Crippen LogP contribution >= 0.6 is 0 Å². The van der Waals surface area contributed by atoms with Gasteiger partial charge in [0.1, 0.15) is 0 Å². The van der Waals surface area contributed by atoms with Crippen LogP contribution in [0.2, 0.25) is 0 Å². The van der Waals surface area contributed by atoms with Crippen LogP contribution in [0.4, 0.5) is 11.4 Å². The second kappa shape index (κ2) is 13.4. The second-order valence-corrected chi connectivity index (χ2v) is 13.9. The van der Waals surface area contributed by atoms with E-state index in [4.69, 9.17) is 0 Å². The van der Waals surface area contributed by atoms with Crippen LogP contribution in [-0.2, 0) is 16.4 Å². The number of carbonyl (C=O) groups excluding carboxylic acids is 1. The van der Waals surface area contributed by atoms with E-state index in [1.807, 2.05) is 37.3 Å². The van der Waals surface area contributed by atoms with E-state index in [0.29, 0.717) is 55.5 Å². The summed E-state index contributed by atoms with van der Waals surface area (Å²) >= 11 is 0. The fourth-order valence-corrected chi connectivity index (χ4v) is 7.58. The van der Waals surface area contributed by atoms with Gasteiger partial charge in [-0.05, 0) is 68.2 Å². The van der Waals surface area contributed by atoms with E-state index in [1.54, 1.807) is 18.2 Å². The van der Waals surface area contributed by atoms with Gasteiger partial charge in [0, 0.05) is 36.9 Å². The molecule has 0 radical (unpaired) electrons. The third-order valence-electron chi connectivity index (χ3n) is 8.36. The summed E-state index contributed by atoms with van der Waals surface area (Å²) in [6.45, 7) is 7.92. The van der Waals surface area contributed by atoms with Crippen LogP contribution in [0.1, 0.15) is 75.2 Å². The van der Waals surface area contributed by atoms with Gasteiger partial charge in [0.05, 0.1) is 23.6 Å². The van der Waals surface area contributed by atoms with Gasteiger partial charge in [-0.3, -0.25) is 9.10 Å². The number of nitrogens with zero attached hydrogens (tertiary/aromatic N) is 1. The SMILES string of the molecule is CCNc1cc(C(=O)N[C@@H](Cc2ccccc2)[C@H](O)CNC2CCCCC2(C)C)cc(N2CCCCS2(=O)=O)c1. The minimum atomic E-state index is -3.43. The average Bonchev–Trinajstić information content (AvgIpc) is 2.92. The van der Waals surface area contributed by atoms with Crippen molar-refractivity contribution < 1.29 is 18.3 Å². The quantitative estimate of drug-likeness (QED) is 0.321. The molecule has 1 saturated carbocycles. The van der Waals surface area contributed by atoms with Gasteiger partial charge in [-0.1, -0.05) is 57.0 Å². The number of rotatable bonds is 11. The first-order valence-electron chi connectivity index (χ1n) is 14.7. The summed E-state index contributed by atoms with van der Waals surface area (Å²) in [5.41, 5.74) is 2.72. The lowest BCUT2D eigenvalue weighted by atomic mass is 9.73. The molecule has 2 aromatic carbocycles. The minimum absolute atomic E-state index is 0.107. The molecule has 1 amide bonds. The maximum absolute atomic E-state index is 13.7. The van der Waals surface area contributed by atoms with Gasteiger partial charge < -0.3 is 21.1 Å². The van der Waals surface area contributed by atoms with Crippen molar-refractivity contribution in [2.75, 3.05) is 35.0 Å². The number of nitrogens with one attached hydrogen (secondary N) is 3. The van der Waals surface area contributed by atoms with E-state index >= 15 is 0 Å². The van der Waals surface area contributed by atoms with E-state index in [0.717, 1.165) is 24.8 Å². The summed E-state index contributed by atoms with van der Waals surface area (Å²) in [6.07, 6.45) is 5.74. The third-order valence-corrected chi connectivity index (χ3v) is 10.2. The summed E-state index contributed by atoms with van der Waals surface area (Å²) in [6, 6.07) is 14.8. The fourth-order valence-electron chi connectivity index (χ4n) is 5.95. The minimum Gasteiger partial charge on any atom is -0.390 e. The first kappa shape index (κ1) is 30.3. The topological polar surface area (TPSA) is 111 Å². The number of sulfonamides is 1. The summed E-state index contributed by atoms with van der Waals surface area (Å²) in [5.74, 6) is -0.232. The highest BCUT2D eigenvalue weighted by Crippen LogP contribution is 2.35. The molecule has 1 saturated heterocycles. The van der Waals surface area contributed by atoms with Crippen LogP contribution in [0.5, 0.6) is 0 Å². The van der Waals surface area contributed by atoms with Crippen LogP contribution in [0.15, 0.2) is 48.5 Å². The Balaban J connectivity index is 1.55. The first-order chi connectivity index (χ1) is 19.1. The molecule has 4 N–H and O–H groups in total. The lowest BCUT2D eigenvalue weighted by molar-refractivity contribution is 0.0783. The predicted octanol–water partition coefficient (Wildman–Crippen LogP) is 4.31. The van der Waals surface area contributed by atoms with Crippen LogP contribution in [-0.4, -0.2) is 63.0 Å². The zero-order valence-electron chi connectivity index (χ0n) is 24.2. The third kappa shape index (κ3) is 7.77. The van der Waals surface area contributed by atoms with Gasteiger partial charge >= 0.3 is 0 Å². The van der Waals surface area contributed by atoms with Crippen molar-refractivity contribution in [2.24, 2.45) is 5.41 Å². The number of aliphatic hydroxyl groups is 1. The monoisotopic (exact) mass is 570 g/mol. The lowest BCUT2D eigenvalue weighted by Gasteiger charge is -2.40. The molecule has 2 aromatic rings. The Hall–Kier alpha value is -2.62. The molecule has 3 atom stereocenters. The molecule has 1 unspecified atom stereocenters. The van der Waals surface area contributed by atoms with Crippen molar-refractivity contribution in [3.05, 3.63) is 59.7 Å². The smallest absolute Gasteiger partial charge is 0.251 e. The Morgan fingerprint density at radius 1 is 1.10 bits per heavy atom. The molecule has 8 nitrogen and oxygen atoms in total. The van der Waals surface area contributed by atoms with E-state index in [1.165, 1.54) is 17.1 Å². The number of aliphatic hydroxyl groups excluding tert-OH is 1. The molecule has 220 valence electrons. The van der Waals surface area contributed by atoms with Gasteiger partial charge in [-0.15, -0.1) is 0 Å². The highest BCUT2D eigenvalue weighted by atomic mass is 32.2. The van der Waals surface area contributed by atoms with Crippen molar-refractivity contribution in [1.82, 2.24) is 10.6 Å². The number of benzene rings is 2. The molecule has 2 aliphatic rings. The maximum atomic E-state index is 13.7. The van der Waals surface area contributed by atoms with Crippen molar-refractivity contribution in [3.63, 3.8) is 0 Å². The Morgan fingerprint density at radius 3 is 2.58 bits per heavy atom. The molecule has 1 aliphatic heterocycles. The Morgan fingerprint density at radius 2 is 1.88 bits per heavy atom. The predicted molar refractivity (Wildman–Crippen MR) is 162 cm³/mol. The summed E-state index contributed by atoms with van der Waals surface area (Å²) in [5, 5.41) is 21.3. The van der Waals surface area contributed by atoms with Gasteiger partial charge in [0.15, 0.2) is 0 Å². The van der Waals surface area contributed by atoms with Crippen molar-refractivity contribution in [2.45, 2.75) is 83.9 Å². The van der Waals surface area contributed by atoms with E-state index in [-0.39, 0.29) is 17.1 Å². The Kier molecular flexibility index (Phi) is 10.1. The van der Waals surface area contributed by atoms with Crippen molar-refractivity contribution in [3.8, 4) is 0 Å². The normalized spacial score (nSPS) is 21.8. The van der Waals surface area contributed by atoms with E-state index in [9.17, 15) is 18.3 Å². The number of anilines is 2. The van der Waals surface area contributed by atoms with Gasteiger partial charge in [0.25, 0.3) is 5.91 Å². The van der Waals surface area contributed by atoms with Gasteiger partial charge in [0.2, 0.25) is 10.0 Å². The van der Waals surface area contributed by atoms with E-state index in [2.05, 4.69) is 29.8 Å². The number of hydrogen-bond acceptors (Lipinski definition) is 6. The summed E-state index contributed by atoms with van der Waals surface area (Å²) in [4.78, 5) is 13.7. The zero-order chi connectivity index (χ0) is 28.8. The summed E-state index contributed by atoms with van der Waals surface area (Å²) in [7, 11) is -3.43. The molecule has 4 rings (SSSR count). The highest BCUT2D eigenvalue weighted by Gasteiger charge is 2.33. The molecule has 0 spiro atoms. The number of hydrogen-bond donors (Lipinski definition) is 4. The van der Waals surface area contributed by atoms with Gasteiger partial charge in [-0.25, -0.2) is 8.42 Å². The van der Waals surface area contributed by atoms with Crippen molar-refractivity contribution >= 4 is 27.3 Å². The second-order valence-electron chi connectivity index (χ2n) is 11.9. The number of amides is 1. The Bertz CT molecular complexity index is 1240. The number of carbonyl (C=O) groups is 1. The van der Waals surface area contributed by atoms with Crippen LogP contribution in [0.25, 0.3) is 0 Å². The molecule has 9 heteroatoms. The molecule has 2 fully saturated rings. The standard InChI is InChI=1S/C31H46N4O4S/c1-4-32-25-19-24(20-26(21-25)35-16-10-11-17-40(35,38)39)30(37)34-27(18-23-12-6-5-7-13-23)28(36)22-33-29-14-8-9-15-31(29,2)3/h5-7,12-13,19-21,27-29,32-33,36H,4,8-11,14-18,22H2,1-3H3,(H,34,37)/t27-,28+,29?/m0/s1. The Labute approximate surface area is 240 Å². The molecule has 40 heavy (non-hydrogen) atoms. The molecular formula is C31H46N4O4S. The summed E-state index contributed by atoms with van der Waals surface area (Å²) < 4.78 is 27.0. The highest BCUT2D eigenvalue weighted by molar-refractivity contribution is 7.92. The molecule has 0 bridgehead atoms. The molecule has 1 aliphatic carbocycles. The first-order valence-corrected chi connectivity index (χ1v) is 16.4. The average molecular weight is 571 g/mol. The largest absolute Gasteiger partial charge is 0.390 e. The molecule has 0 aromatic heterocycles. The van der Waals surface area contributed by atoms with Gasteiger partial charge in [-0.2, -0.15) is 0 Å². The molecule has 1 heterocycles. The fraction of sp³-hybridized carbons (Fsp3) is 0.581. The molecular weight excluding hydrogens is 524 g/mol. The zero-order valence-corrected chi connectivity index (χ0v) is 25.0. The van der Waals surface area contributed by atoms with Crippen LogP contribution in [0, 0.1) is 5.41 Å². The maximum Gasteiger partial charge on any atom is 0.251 e. The van der Waals surface area contributed by atoms with E-state index < -0.39 is 22.2 Å². The van der Waals surface area contributed by atoms with Crippen molar-refractivity contribution in [1.29, 1.82) is 0 Å².